The normalized spacial score (nSPS) is 16.4. The van der Waals surface area contributed by atoms with Crippen LogP contribution in [0.2, 0.25) is 0 Å². The predicted octanol–water partition coefficient (Wildman–Crippen LogP) is 3.35. The van der Waals surface area contributed by atoms with Crippen LogP contribution in [0.25, 0.3) is 11.0 Å². The molecule has 0 spiro atoms. The van der Waals surface area contributed by atoms with Crippen LogP contribution < -0.4 is 0 Å². The van der Waals surface area contributed by atoms with E-state index in [0.717, 1.165) is 41.8 Å². The number of ether oxygens (including phenoxy) is 1. The zero-order chi connectivity index (χ0) is 18.0. The maximum Gasteiger partial charge on any atom is 0.410 e. The molecule has 0 aliphatic carbocycles. The van der Waals surface area contributed by atoms with E-state index in [1.807, 2.05) is 26.8 Å². The highest BCUT2D eigenvalue weighted by Gasteiger charge is 2.25. The van der Waals surface area contributed by atoms with Crippen molar-refractivity contribution in [2.24, 2.45) is 0 Å². The largest absolute Gasteiger partial charge is 0.444 e. The standard InChI is InChI=1S/C18H25BrN4O2/c1-18(2,3)25-17(24)23-12-9-21(10-13-23)8-11-22-7-6-14-4-5-15(19)20-16(14)22/h4-7H,8-13H2,1-3H3. The van der Waals surface area contributed by atoms with Gasteiger partial charge >= 0.3 is 6.09 Å². The van der Waals surface area contributed by atoms with Gasteiger partial charge in [-0.15, -0.1) is 0 Å². The molecule has 3 rings (SSSR count). The van der Waals surface area contributed by atoms with Gasteiger partial charge in [-0.3, -0.25) is 4.90 Å². The molecule has 1 fully saturated rings. The highest BCUT2D eigenvalue weighted by Crippen LogP contribution is 2.17. The molecule has 0 aromatic carbocycles. The minimum absolute atomic E-state index is 0.211. The van der Waals surface area contributed by atoms with Gasteiger partial charge in [-0.05, 0) is 54.9 Å². The number of nitrogens with zero attached hydrogens (tertiary/aromatic N) is 4. The van der Waals surface area contributed by atoms with E-state index in [1.165, 1.54) is 0 Å². The summed E-state index contributed by atoms with van der Waals surface area (Å²) in [5.74, 6) is 0. The zero-order valence-corrected chi connectivity index (χ0v) is 16.6. The molecule has 0 atom stereocenters. The fourth-order valence-electron chi connectivity index (χ4n) is 2.95. The van der Waals surface area contributed by atoms with Gasteiger partial charge in [0.15, 0.2) is 0 Å². The zero-order valence-electron chi connectivity index (χ0n) is 15.0. The molecule has 1 aliphatic heterocycles. The Labute approximate surface area is 156 Å². The molecule has 136 valence electrons. The summed E-state index contributed by atoms with van der Waals surface area (Å²) in [6, 6.07) is 6.13. The van der Waals surface area contributed by atoms with E-state index in [9.17, 15) is 4.79 Å². The van der Waals surface area contributed by atoms with Gasteiger partial charge in [0.2, 0.25) is 0 Å². The second-order valence-electron chi connectivity index (χ2n) is 7.36. The van der Waals surface area contributed by atoms with E-state index in [2.05, 4.69) is 48.7 Å². The van der Waals surface area contributed by atoms with Gasteiger partial charge in [-0.25, -0.2) is 9.78 Å². The summed E-state index contributed by atoms with van der Waals surface area (Å²) < 4.78 is 8.48. The van der Waals surface area contributed by atoms with Crippen LogP contribution >= 0.6 is 15.9 Å². The minimum Gasteiger partial charge on any atom is -0.444 e. The fraction of sp³-hybridized carbons (Fsp3) is 0.556. The van der Waals surface area contributed by atoms with Crippen molar-refractivity contribution < 1.29 is 9.53 Å². The number of piperazine rings is 1. The van der Waals surface area contributed by atoms with Gasteiger partial charge in [0.25, 0.3) is 0 Å². The number of carbonyl (C=O) groups excluding carboxylic acids is 1. The van der Waals surface area contributed by atoms with Crippen LogP contribution in [-0.4, -0.2) is 63.8 Å². The monoisotopic (exact) mass is 408 g/mol. The van der Waals surface area contributed by atoms with Crippen LogP contribution in [-0.2, 0) is 11.3 Å². The third kappa shape index (κ3) is 4.73. The third-order valence-corrected chi connectivity index (χ3v) is 4.70. The van der Waals surface area contributed by atoms with Crippen molar-refractivity contribution in [2.45, 2.75) is 32.9 Å². The van der Waals surface area contributed by atoms with E-state index in [-0.39, 0.29) is 6.09 Å². The number of halogens is 1. The van der Waals surface area contributed by atoms with Gasteiger partial charge in [-0.2, -0.15) is 0 Å². The molecule has 6 nitrogen and oxygen atoms in total. The second kappa shape index (κ2) is 7.33. The molecule has 3 heterocycles. The lowest BCUT2D eigenvalue weighted by atomic mass is 10.2. The molecule has 0 unspecified atom stereocenters. The first-order chi connectivity index (χ1) is 11.8. The molecule has 0 bridgehead atoms. The summed E-state index contributed by atoms with van der Waals surface area (Å²) in [6.45, 7) is 10.7. The Hall–Kier alpha value is -1.60. The van der Waals surface area contributed by atoms with Crippen molar-refractivity contribution in [1.29, 1.82) is 0 Å². The number of hydrogen-bond donors (Lipinski definition) is 0. The van der Waals surface area contributed by atoms with E-state index < -0.39 is 5.60 Å². The number of aromatic nitrogens is 2. The summed E-state index contributed by atoms with van der Waals surface area (Å²) in [6.07, 6.45) is 1.87. The Morgan fingerprint density at radius 3 is 2.56 bits per heavy atom. The maximum atomic E-state index is 12.1. The quantitative estimate of drug-likeness (QED) is 0.730. The van der Waals surface area contributed by atoms with Crippen LogP contribution in [0.15, 0.2) is 29.0 Å². The number of pyridine rings is 1. The van der Waals surface area contributed by atoms with Crippen LogP contribution in [0.3, 0.4) is 0 Å². The van der Waals surface area contributed by atoms with Crippen molar-refractivity contribution >= 4 is 33.1 Å². The maximum absolute atomic E-state index is 12.1. The van der Waals surface area contributed by atoms with Crippen molar-refractivity contribution in [3.63, 3.8) is 0 Å². The Kier molecular flexibility index (Phi) is 5.34. The van der Waals surface area contributed by atoms with E-state index in [4.69, 9.17) is 4.74 Å². The van der Waals surface area contributed by atoms with Gasteiger partial charge in [-0.1, -0.05) is 0 Å². The van der Waals surface area contributed by atoms with Crippen LogP contribution in [0.4, 0.5) is 4.79 Å². The topological polar surface area (TPSA) is 50.6 Å². The highest BCUT2D eigenvalue weighted by atomic mass is 79.9. The molecule has 0 radical (unpaired) electrons. The summed E-state index contributed by atoms with van der Waals surface area (Å²) >= 11 is 3.44. The first kappa shape index (κ1) is 18.2. The molecular formula is C18H25BrN4O2. The van der Waals surface area contributed by atoms with Gasteiger partial charge in [0.05, 0.1) is 0 Å². The van der Waals surface area contributed by atoms with Gasteiger partial charge in [0.1, 0.15) is 15.9 Å². The average molecular weight is 409 g/mol. The lowest BCUT2D eigenvalue weighted by Gasteiger charge is -2.35. The molecular weight excluding hydrogens is 384 g/mol. The average Bonchev–Trinajstić information content (AvgIpc) is 2.94. The molecule has 0 N–H and O–H groups in total. The summed E-state index contributed by atoms with van der Waals surface area (Å²) in [4.78, 5) is 20.8. The molecule has 25 heavy (non-hydrogen) atoms. The lowest BCUT2D eigenvalue weighted by Crippen LogP contribution is -2.50. The SMILES string of the molecule is CC(C)(C)OC(=O)N1CCN(CCn2ccc3ccc(Br)nc32)CC1. The second-order valence-corrected chi connectivity index (χ2v) is 8.18. The number of amides is 1. The Balaban J connectivity index is 1.51. The summed E-state index contributed by atoms with van der Waals surface area (Å²) in [5.41, 5.74) is 0.562. The van der Waals surface area contributed by atoms with Crippen molar-refractivity contribution in [3.8, 4) is 0 Å². The molecule has 1 amide bonds. The lowest BCUT2D eigenvalue weighted by molar-refractivity contribution is 0.0143. The molecule has 0 saturated carbocycles. The van der Waals surface area contributed by atoms with Crippen molar-refractivity contribution in [3.05, 3.63) is 29.0 Å². The number of fused-ring (bicyclic) bond motifs is 1. The predicted molar refractivity (Wildman–Crippen MR) is 102 cm³/mol. The van der Waals surface area contributed by atoms with E-state index >= 15 is 0 Å². The van der Waals surface area contributed by atoms with E-state index in [0.29, 0.717) is 13.1 Å². The van der Waals surface area contributed by atoms with Gasteiger partial charge < -0.3 is 14.2 Å². The molecule has 2 aromatic heterocycles. The van der Waals surface area contributed by atoms with Crippen LogP contribution in [0.5, 0.6) is 0 Å². The number of hydrogen-bond acceptors (Lipinski definition) is 4. The summed E-state index contributed by atoms with van der Waals surface area (Å²) in [7, 11) is 0. The highest BCUT2D eigenvalue weighted by molar-refractivity contribution is 9.10. The minimum atomic E-state index is -0.440. The number of carbonyl (C=O) groups is 1. The van der Waals surface area contributed by atoms with Crippen molar-refractivity contribution in [1.82, 2.24) is 19.4 Å². The first-order valence-corrected chi connectivity index (χ1v) is 9.43. The fourth-order valence-corrected chi connectivity index (χ4v) is 3.25. The number of rotatable bonds is 3. The van der Waals surface area contributed by atoms with Crippen molar-refractivity contribution in [2.75, 3.05) is 32.7 Å². The molecule has 1 aliphatic rings. The van der Waals surface area contributed by atoms with Crippen LogP contribution in [0, 0.1) is 0 Å². The third-order valence-electron chi connectivity index (χ3n) is 4.26. The first-order valence-electron chi connectivity index (χ1n) is 8.63. The molecule has 2 aromatic rings. The molecule has 7 heteroatoms. The smallest absolute Gasteiger partial charge is 0.410 e. The van der Waals surface area contributed by atoms with Crippen LogP contribution in [0.1, 0.15) is 20.8 Å². The Bertz CT molecular complexity index is 745. The summed E-state index contributed by atoms with van der Waals surface area (Å²) in [5, 5.41) is 1.15. The molecule has 1 saturated heterocycles. The van der Waals surface area contributed by atoms with E-state index in [1.54, 1.807) is 4.90 Å². The Morgan fingerprint density at radius 2 is 1.88 bits per heavy atom. The van der Waals surface area contributed by atoms with Gasteiger partial charge in [0, 0.05) is 50.9 Å². The Morgan fingerprint density at radius 1 is 1.16 bits per heavy atom.